The lowest BCUT2D eigenvalue weighted by molar-refractivity contribution is -0.384. The van der Waals surface area contributed by atoms with Crippen LogP contribution in [0, 0.1) is 51.0 Å². The van der Waals surface area contributed by atoms with Crippen molar-refractivity contribution in [3.8, 4) is 6.07 Å². The standard InChI is InChI=1S/C17H18N2O5S/c18-9-16-11-5-10-6-12(8-11)17(15(16)7-10)24-25(22,23)14-3-1-13(2-4-14)19(20)21/h1-4,10-12,15-17H,5-8H2/t10-,11-,12-,15-,16+,17-/m0/s1. The minimum absolute atomic E-state index is 0.0333. The van der Waals surface area contributed by atoms with Crippen LogP contribution in [0.3, 0.4) is 0 Å². The number of nitrogens with zero attached hydrogens (tertiary/aromatic N) is 2. The fraction of sp³-hybridized carbons (Fsp3) is 0.588. The number of nitro benzene ring substituents is 1. The second-order valence-electron chi connectivity index (χ2n) is 7.41. The molecule has 0 aromatic heterocycles. The van der Waals surface area contributed by atoms with Crippen LogP contribution in [0.1, 0.15) is 25.7 Å². The molecule has 0 spiro atoms. The fourth-order valence-corrected chi connectivity index (χ4v) is 6.32. The fourth-order valence-electron chi connectivity index (χ4n) is 5.14. The molecule has 4 bridgehead atoms. The molecule has 0 radical (unpaired) electrons. The van der Waals surface area contributed by atoms with Gasteiger partial charge in [0.15, 0.2) is 0 Å². The van der Waals surface area contributed by atoms with Crippen LogP contribution in [0.2, 0.25) is 0 Å². The van der Waals surface area contributed by atoms with E-state index in [4.69, 9.17) is 4.18 Å². The summed E-state index contributed by atoms with van der Waals surface area (Å²) in [6, 6.07) is 7.09. The molecule has 6 atom stereocenters. The van der Waals surface area contributed by atoms with Crippen molar-refractivity contribution in [3.05, 3.63) is 34.4 Å². The summed E-state index contributed by atoms with van der Waals surface area (Å²) in [6.07, 6.45) is 3.29. The molecule has 0 saturated heterocycles. The van der Waals surface area contributed by atoms with Gasteiger partial charge in [-0.05, 0) is 55.6 Å². The molecule has 1 aromatic carbocycles. The Morgan fingerprint density at radius 1 is 1.12 bits per heavy atom. The third kappa shape index (κ3) is 2.71. The lowest BCUT2D eigenvalue weighted by atomic mass is 9.51. The van der Waals surface area contributed by atoms with Gasteiger partial charge in [0.25, 0.3) is 15.8 Å². The molecule has 4 aliphatic carbocycles. The summed E-state index contributed by atoms with van der Waals surface area (Å²) in [6.45, 7) is 0. The SMILES string of the molecule is N#C[C@@H]1[C@H]2C[C@H]3C[C@@H](C2)[C@H](OS(=O)(=O)c2ccc([N+](=O)[O-])cc2)[C@H]1C3. The van der Waals surface area contributed by atoms with E-state index in [0.29, 0.717) is 11.8 Å². The van der Waals surface area contributed by atoms with E-state index < -0.39 is 21.1 Å². The van der Waals surface area contributed by atoms with Crippen LogP contribution >= 0.6 is 0 Å². The highest BCUT2D eigenvalue weighted by atomic mass is 32.2. The van der Waals surface area contributed by atoms with Gasteiger partial charge in [-0.2, -0.15) is 13.7 Å². The molecule has 0 heterocycles. The third-order valence-electron chi connectivity index (χ3n) is 6.06. The summed E-state index contributed by atoms with van der Waals surface area (Å²) in [4.78, 5) is 10.0. The Kier molecular flexibility index (Phi) is 3.81. The molecular weight excluding hydrogens is 344 g/mol. The minimum Gasteiger partial charge on any atom is -0.262 e. The van der Waals surface area contributed by atoms with Crippen molar-refractivity contribution in [3.63, 3.8) is 0 Å². The van der Waals surface area contributed by atoms with Crippen molar-refractivity contribution in [2.75, 3.05) is 0 Å². The van der Waals surface area contributed by atoms with E-state index in [0.717, 1.165) is 37.8 Å². The Bertz CT molecular complexity index is 845. The predicted octanol–water partition coefficient (Wildman–Crippen LogP) is 2.87. The molecule has 5 rings (SSSR count). The van der Waals surface area contributed by atoms with E-state index in [1.807, 2.05) is 0 Å². The average Bonchev–Trinajstić information content (AvgIpc) is 2.58. The van der Waals surface area contributed by atoms with Crippen molar-refractivity contribution >= 4 is 15.8 Å². The zero-order valence-corrected chi connectivity index (χ0v) is 14.3. The van der Waals surface area contributed by atoms with E-state index in [-0.39, 0.29) is 28.3 Å². The molecule has 0 amide bonds. The number of hydrogen-bond donors (Lipinski definition) is 0. The Balaban J connectivity index is 1.58. The smallest absolute Gasteiger partial charge is 0.262 e. The van der Waals surface area contributed by atoms with Gasteiger partial charge < -0.3 is 0 Å². The van der Waals surface area contributed by atoms with E-state index in [9.17, 15) is 23.8 Å². The molecule has 1 aromatic rings. The molecule has 0 aliphatic heterocycles. The molecular formula is C17H18N2O5S. The van der Waals surface area contributed by atoms with Crippen molar-refractivity contribution in [1.82, 2.24) is 0 Å². The van der Waals surface area contributed by atoms with Crippen LogP contribution in [0.25, 0.3) is 0 Å². The summed E-state index contributed by atoms with van der Waals surface area (Å²) in [5.74, 6) is 0.966. The van der Waals surface area contributed by atoms with Gasteiger partial charge in [0.2, 0.25) is 0 Å². The summed E-state index contributed by atoms with van der Waals surface area (Å²) in [5.41, 5.74) is -0.168. The number of nitriles is 1. The van der Waals surface area contributed by atoms with Crippen molar-refractivity contribution in [2.45, 2.75) is 36.7 Å². The summed E-state index contributed by atoms with van der Waals surface area (Å²) in [7, 11) is -4.01. The first kappa shape index (κ1) is 16.5. The van der Waals surface area contributed by atoms with Gasteiger partial charge in [0.1, 0.15) is 0 Å². The summed E-state index contributed by atoms with van der Waals surface area (Å²) >= 11 is 0. The van der Waals surface area contributed by atoms with Crippen molar-refractivity contribution in [2.24, 2.45) is 29.6 Å². The number of non-ortho nitro benzene ring substituents is 1. The van der Waals surface area contributed by atoms with Gasteiger partial charge in [0, 0.05) is 18.1 Å². The van der Waals surface area contributed by atoms with E-state index >= 15 is 0 Å². The normalized spacial score (nSPS) is 36.1. The lowest BCUT2D eigenvalue weighted by Gasteiger charge is -2.55. The second kappa shape index (κ2) is 5.78. The highest BCUT2D eigenvalue weighted by Crippen LogP contribution is 2.57. The third-order valence-corrected chi connectivity index (χ3v) is 7.39. The van der Waals surface area contributed by atoms with Gasteiger partial charge in [-0.3, -0.25) is 14.3 Å². The highest BCUT2D eigenvalue weighted by molar-refractivity contribution is 7.86. The van der Waals surface area contributed by atoms with Gasteiger partial charge in [-0.25, -0.2) is 0 Å². The Morgan fingerprint density at radius 3 is 2.44 bits per heavy atom. The topological polar surface area (TPSA) is 110 Å². The zero-order chi connectivity index (χ0) is 17.8. The van der Waals surface area contributed by atoms with Gasteiger partial charge in [-0.1, -0.05) is 0 Å². The monoisotopic (exact) mass is 362 g/mol. The van der Waals surface area contributed by atoms with Crippen LogP contribution in [-0.2, 0) is 14.3 Å². The molecule has 132 valence electrons. The predicted molar refractivity (Wildman–Crippen MR) is 86.7 cm³/mol. The number of nitro groups is 1. The second-order valence-corrected chi connectivity index (χ2v) is 8.99. The Labute approximate surface area is 145 Å². The molecule has 8 heteroatoms. The maximum atomic E-state index is 12.6. The number of rotatable bonds is 4. The largest absolute Gasteiger partial charge is 0.297 e. The first-order valence-corrected chi connectivity index (χ1v) is 9.87. The van der Waals surface area contributed by atoms with E-state index in [1.165, 1.54) is 12.1 Å². The first-order chi connectivity index (χ1) is 11.9. The molecule has 25 heavy (non-hydrogen) atoms. The molecule has 4 aliphatic rings. The van der Waals surface area contributed by atoms with E-state index in [2.05, 4.69) is 6.07 Å². The van der Waals surface area contributed by atoms with Gasteiger partial charge in [0.05, 0.1) is 27.9 Å². The minimum atomic E-state index is -4.01. The van der Waals surface area contributed by atoms with Crippen LogP contribution in [-0.4, -0.2) is 19.4 Å². The van der Waals surface area contributed by atoms with Crippen LogP contribution < -0.4 is 0 Å². The molecule has 0 N–H and O–H groups in total. The average molecular weight is 362 g/mol. The summed E-state index contributed by atoms with van der Waals surface area (Å²) < 4.78 is 30.8. The van der Waals surface area contributed by atoms with Gasteiger partial charge >= 0.3 is 0 Å². The quantitative estimate of drug-likeness (QED) is 0.463. The van der Waals surface area contributed by atoms with Crippen LogP contribution in [0.5, 0.6) is 0 Å². The maximum Gasteiger partial charge on any atom is 0.297 e. The zero-order valence-electron chi connectivity index (χ0n) is 13.4. The Morgan fingerprint density at radius 2 is 1.80 bits per heavy atom. The maximum absolute atomic E-state index is 12.6. The van der Waals surface area contributed by atoms with E-state index in [1.54, 1.807) is 0 Å². The number of hydrogen-bond acceptors (Lipinski definition) is 6. The lowest BCUT2D eigenvalue weighted by Crippen LogP contribution is -2.54. The highest BCUT2D eigenvalue weighted by Gasteiger charge is 2.55. The number of benzene rings is 1. The van der Waals surface area contributed by atoms with Crippen molar-refractivity contribution in [1.29, 1.82) is 5.26 Å². The molecule has 0 unspecified atom stereocenters. The Hall–Kier alpha value is -1.98. The first-order valence-electron chi connectivity index (χ1n) is 8.46. The summed E-state index contributed by atoms with van der Waals surface area (Å²) in [5, 5.41) is 20.2. The van der Waals surface area contributed by atoms with Gasteiger partial charge in [-0.15, -0.1) is 0 Å². The molecule has 4 fully saturated rings. The molecule has 7 nitrogen and oxygen atoms in total. The van der Waals surface area contributed by atoms with Crippen molar-refractivity contribution < 1.29 is 17.5 Å². The molecule has 4 saturated carbocycles. The van der Waals surface area contributed by atoms with Crippen LogP contribution in [0.15, 0.2) is 29.2 Å². The van der Waals surface area contributed by atoms with Crippen LogP contribution in [0.4, 0.5) is 5.69 Å².